The summed E-state index contributed by atoms with van der Waals surface area (Å²) in [6.45, 7) is 4.12. The van der Waals surface area contributed by atoms with Crippen molar-refractivity contribution in [3.05, 3.63) is 0 Å². The van der Waals surface area contributed by atoms with E-state index in [-0.39, 0.29) is 24.1 Å². The first-order valence-electron chi connectivity index (χ1n) is 7.47. The van der Waals surface area contributed by atoms with E-state index in [1.165, 1.54) is 0 Å². The average molecular weight is 316 g/mol. The Labute approximate surface area is 126 Å². The summed E-state index contributed by atoms with van der Waals surface area (Å²) in [5.74, 6) is 0.238. The van der Waals surface area contributed by atoms with Gasteiger partial charge in [-0.1, -0.05) is 13.8 Å². The van der Waals surface area contributed by atoms with E-state index >= 15 is 0 Å². The molecule has 6 nitrogen and oxygen atoms in total. The fraction of sp³-hybridized carbons (Fsp3) is 0.857. The number of hydrogen-bond donors (Lipinski definition) is 1. The van der Waals surface area contributed by atoms with Crippen LogP contribution in [0.15, 0.2) is 0 Å². The molecule has 2 fully saturated rings. The Bertz CT molecular complexity index is 539. The summed E-state index contributed by atoms with van der Waals surface area (Å²) in [5, 5.41) is 2.86. The molecule has 0 bridgehead atoms. The fourth-order valence-corrected chi connectivity index (χ4v) is 3.36. The highest BCUT2D eigenvalue weighted by Crippen LogP contribution is 2.45. The molecular formula is C14H24N2O4S. The molecule has 1 N–H and O–H groups in total. The number of hydrogen-bond acceptors (Lipinski definition) is 4. The Hall–Kier alpha value is -1.11. The zero-order valence-corrected chi connectivity index (χ0v) is 13.7. The molecule has 1 saturated heterocycles. The monoisotopic (exact) mass is 316 g/mol. The van der Waals surface area contributed by atoms with Crippen LogP contribution in [0.2, 0.25) is 0 Å². The maximum absolute atomic E-state index is 12.7. The molecule has 0 spiro atoms. The predicted molar refractivity (Wildman–Crippen MR) is 79.5 cm³/mol. The van der Waals surface area contributed by atoms with E-state index in [0.29, 0.717) is 12.3 Å². The second-order valence-electron chi connectivity index (χ2n) is 6.69. The van der Waals surface area contributed by atoms with Gasteiger partial charge in [0.25, 0.3) is 5.91 Å². The van der Waals surface area contributed by atoms with Gasteiger partial charge in [-0.15, -0.1) is 0 Å². The van der Waals surface area contributed by atoms with Gasteiger partial charge in [-0.05, 0) is 37.5 Å². The van der Waals surface area contributed by atoms with Crippen molar-refractivity contribution in [2.75, 3.05) is 18.6 Å². The molecule has 1 atom stereocenters. The quantitative estimate of drug-likeness (QED) is 0.715. The van der Waals surface area contributed by atoms with E-state index in [2.05, 4.69) is 19.2 Å². The van der Waals surface area contributed by atoms with E-state index < -0.39 is 21.4 Å². The van der Waals surface area contributed by atoms with E-state index in [1.54, 1.807) is 0 Å². The number of sulfone groups is 1. The summed E-state index contributed by atoms with van der Waals surface area (Å²) < 4.78 is 22.5. The molecule has 0 aromatic heterocycles. The van der Waals surface area contributed by atoms with Crippen molar-refractivity contribution in [2.24, 2.45) is 11.8 Å². The average Bonchev–Trinajstić information content (AvgIpc) is 3.14. The van der Waals surface area contributed by atoms with Crippen molar-refractivity contribution in [3.63, 3.8) is 0 Å². The van der Waals surface area contributed by atoms with Crippen LogP contribution in [0.3, 0.4) is 0 Å². The van der Waals surface area contributed by atoms with Crippen LogP contribution in [-0.2, 0) is 14.6 Å². The summed E-state index contributed by atoms with van der Waals surface area (Å²) >= 11 is 0. The van der Waals surface area contributed by atoms with Gasteiger partial charge in [0.2, 0.25) is 0 Å². The molecule has 1 aliphatic heterocycles. The summed E-state index contributed by atoms with van der Waals surface area (Å²) in [7, 11) is -3.20. The van der Waals surface area contributed by atoms with Crippen LogP contribution in [0, 0.1) is 11.8 Å². The Morgan fingerprint density at radius 2 is 1.95 bits per heavy atom. The van der Waals surface area contributed by atoms with Gasteiger partial charge in [0.1, 0.15) is 15.4 Å². The first-order chi connectivity index (χ1) is 9.66. The van der Waals surface area contributed by atoms with Gasteiger partial charge in [0.15, 0.2) is 0 Å². The molecule has 0 aromatic carbocycles. The number of amides is 3. The Morgan fingerprint density at radius 3 is 2.43 bits per heavy atom. The van der Waals surface area contributed by atoms with Gasteiger partial charge in [-0.3, -0.25) is 9.69 Å². The first-order valence-corrected chi connectivity index (χ1v) is 9.53. The highest BCUT2D eigenvalue weighted by Gasteiger charge is 2.58. The van der Waals surface area contributed by atoms with Gasteiger partial charge in [0.05, 0.1) is 5.75 Å². The third-order valence-corrected chi connectivity index (χ3v) is 5.20. The molecule has 1 aliphatic carbocycles. The van der Waals surface area contributed by atoms with Crippen molar-refractivity contribution >= 4 is 21.8 Å². The van der Waals surface area contributed by atoms with Crippen LogP contribution in [0.25, 0.3) is 0 Å². The molecule has 0 aromatic rings. The second-order valence-corrected chi connectivity index (χ2v) is 8.95. The summed E-state index contributed by atoms with van der Waals surface area (Å²) in [4.78, 5) is 25.9. The number of carbonyl (C=O) groups excluding carboxylic acids is 2. The Morgan fingerprint density at radius 1 is 1.33 bits per heavy atom. The summed E-state index contributed by atoms with van der Waals surface area (Å²) in [6, 6.07) is -0.445. The Kier molecular flexibility index (Phi) is 4.33. The number of imide groups is 1. The first kappa shape index (κ1) is 16.3. The van der Waals surface area contributed by atoms with Crippen LogP contribution in [-0.4, -0.2) is 49.3 Å². The topological polar surface area (TPSA) is 83.6 Å². The maximum atomic E-state index is 12.7. The predicted octanol–water partition coefficient (Wildman–Crippen LogP) is 1.17. The molecule has 120 valence electrons. The normalized spacial score (nSPS) is 26.6. The lowest BCUT2D eigenvalue weighted by Crippen LogP contribution is -2.49. The lowest BCUT2D eigenvalue weighted by Gasteiger charge is -2.27. The zero-order chi connectivity index (χ0) is 15.8. The van der Waals surface area contributed by atoms with Gasteiger partial charge in [-0.2, -0.15) is 0 Å². The molecule has 1 unspecified atom stereocenters. The highest BCUT2D eigenvalue weighted by atomic mass is 32.2. The third-order valence-electron chi connectivity index (χ3n) is 4.28. The van der Waals surface area contributed by atoms with Gasteiger partial charge < -0.3 is 5.32 Å². The minimum atomic E-state index is -3.20. The molecule has 21 heavy (non-hydrogen) atoms. The van der Waals surface area contributed by atoms with Crippen molar-refractivity contribution in [1.82, 2.24) is 10.2 Å². The molecule has 2 aliphatic rings. The minimum Gasteiger partial charge on any atom is -0.323 e. The van der Waals surface area contributed by atoms with Gasteiger partial charge in [0, 0.05) is 12.8 Å². The number of nitrogens with zero attached hydrogens (tertiary/aromatic N) is 1. The molecule has 2 rings (SSSR count). The van der Waals surface area contributed by atoms with E-state index in [1.807, 2.05) is 0 Å². The molecular weight excluding hydrogens is 292 g/mol. The minimum absolute atomic E-state index is 0.0559. The zero-order valence-electron chi connectivity index (χ0n) is 12.9. The smallest absolute Gasteiger partial charge is 0.323 e. The molecule has 0 radical (unpaired) electrons. The van der Waals surface area contributed by atoms with Crippen LogP contribution in [0.1, 0.15) is 39.5 Å². The molecule has 3 amide bonds. The van der Waals surface area contributed by atoms with Crippen LogP contribution >= 0.6 is 0 Å². The SMILES string of the molecule is CC(C)CCC1(C2CC2)NC(=O)N(CCS(C)(=O)=O)C1=O. The van der Waals surface area contributed by atoms with Crippen LogP contribution in [0.5, 0.6) is 0 Å². The summed E-state index contributed by atoms with van der Waals surface area (Å²) in [5.41, 5.74) is -0.793. The second kappa shape index (κ2) is 5.59. The molecule has 1 heterocycles. The molecule has 7 heteroatoms. The van der Waals surface area contributed by atoms with Gasteiger partial charge in [-0.25, -0.2) is 13.2 Å². The van der Waals surface area contributed by atoms with Crippen molar-refractivity contribution in [2.45, 2.75) is 45.1 Å². The fourth-order valence-electron chi connectivity index (χ4n) is 2.85. The van der Waals surface area contributed by atoms with Crippen molar-refractivity contribution in [1.29, 1.82) is 0 Å². The lowest BCUT2D eigenvalue weighted by molar-refractivity contribution is -0.132. The van der Waals surface area contributed by atoms with Crippen LogP contribution in [0.4, 0.5) is 4.79 Å². The van der Waals surface area contributed by atoms with E-state index in [9.17, 15) is 18.0 Å². The number of nitrogens with one attached hydrogen (secondary N) is 1. The maximum Gasteiger partial charge on any atom is 0.325 e. The van der Waals surface area contributed by atoms with Crippen LogP contribution < -0.4 is 5.32 Å². The van der Waals surface area contributed by atoms with Gasteiger partial charge >= 0.3 is 6.03 Å². The number of urea groups is 1. The largest absolute Gasteiger partial charge is 0.325 e. The van der Waals surface area contributed by atoms with E-state index in [0.717, 1.165) is 30.4 Å². The van der Waals surface area contributed by atoms with E-state index in [4.69, 9.17) is 0 Å². The number of carbonyl (C=O) groups is 2. The third kappa shape index (κ3) is 3.56. The lowest BCUT2D eigenvalue weighted by atomic mass is 9.85. The highest BCUT2D eigenvalue weighted by molar-refractivity contribution is 7.90. The van der Waals surface area contributed by atoms with Crippen molar-refractivity contribution < 1.29 is 18.0 Å². The summed E-state index contributed by atoms with van der Waals surface area (Å²) in [6.07, 6.45) is 4.50. The Balaban J connectivity index is 2.13. The van der Waals surface area contributed by atoms with Crippen molar-refractivity contribution in [3.8, 4) is 0 Å². The molecule has 1 saturated carbocycles. The standard InChI is InChI=1S/C14H24N2O4S/c1-10(2)6-7-14(11-4-5-11)12(17)16(13(18)15-14)8-9-21(3,19)20/h10-11H,4-9H2,1-3H3,(H,15,18). The number of rotatable bonds is 7.